The average Bonchev–Trinajstić information content (AvgIpc) is 2.28. The molecule has 1 heterocycles. The van der Waals surface area contributed by atoms with Crippen molar-refractivity contribution >= 4 is 45.9 Å². The largest absolute Gasteiger partial charge is 0.249 e. The summed E-state index contributed by atoms with van der Waals surface area (Å²) in [6, 6.07) is 11.3. The molecule has 0 saturated heterocycles. The van der Waals surface area contributed by atoms with Crippen LogP contribution in [0.3, 0.4) is 0 Å². The molecule has 16 heavy (non-hydrogen) atoms. The van der Waals surface area contributed by atoms with Crippen molar-refractivity contribution in [3.8, 4) is 5.40 Å². The van der Waals surface area contributed by atoms with E-state index in [1.54, 1.807) is 6.07 Å². The summed E-state index contributed by atoms with van der Waals surface area (Å²) in [5.41, 5.74) is 1.28. The first-order chi connectivity index (χ1) is 7.63. The Morgan fingerprint density at radius 3 is 2.69 bits per heavy atom. The molecule has 0 amide bonds. The molecule has 0 aliphatic rings. The molecule has 0 bridgehead atoms. The highest BCUT2D eigenvalue weighted by Gasteiger charge is 2.29. The number of benzene rings is 1. The summed E-state index contributed by atoms with van der Waals surface area (Å²) in [6.45, 7) is 0. The molecule has 2 rings (SSSR count). The Balaban J connectivity index is 2.51. The van der Waals surface area contributed by atoms with Gasteiger partial charge < -0.3 is 0 Å². The molecule has 2 aromatic rings. The smallest absolute Gasteiger partial charge is 0.218 e. The van der Waals surface area contributed by atoms with Crippen molar-refractivity contribution in [2.24, 2.45) is 0 Å². The SMILES string of the molecule is N#CSC(Cl)(Cl)c1ccc2ccccc2n1. The van der Waals surface area contributed by atoms with Crippen molar-refractivity contribution in [1.29, 1.82) is 5.26 Å². The lowest BCUT2D eigenvalue weighted by Gasteiger charge is -2.14. The standard InChI is InChI=1S/C11H6Cl2N2S/c12-11(13,16-7-14)10-6-5-8-3-1-2-4-9(8)15-10/h1-6H. The average molecular weight is 269 g/mol. The minimum absolute atomic E-state index is 0.473. The summed E-state index contributed by atoms with van der Waals surface area (Å²) >= 11 is 12.8. The second kappa shape index (κ2) is 4.50. The van der Waals surface area contributed by atoms with Gasteiger partial charge in [-0.05, 0) is 23.9 Å². The highest BCUT2D eigenvalue weighted by Crippen LogP contribution is 2.43. The first-order valence-corrected chi connectivity index (χ1v) is 6.02. The maximum absolute atomic E-state index is 8.59. The van der Waals surface area contributed by atoms with Gasteiger partial charge in [0.1, 0.15) is 5.40 Å². The number of fused-ring (bicyclic) bond motifs is 1. The molecule has 0 radical (unpaired) electrons. The van der Waals surface area contributed by atoms with Crippen LogP contribution in [0, 0.1) is 10.7 Å². The Labute approximate surface area is 107 Å². The predicted octanol–water partition coefficient (Wildman–Crippen LogP) is 4.04. The summed E-state index contributed by atoms with van der Waals surface area (Å²) in [5.74, 6) is 0. The van der Waals surface area contributed by atoms with Crippen molar-refractivity contribution in [1.82, 2.24) is 4.98 Å². The van der Waals surface area contributed by atoms with Crippen molar-refractivity contribution in [2.75, 3.05) is 0 Å². The Bertz CT molecular complexity index is 563. The van der Waals surface area contributed by atoms with E-state index in [9.17, 15) is 0 Å². The number of thiocyanates is 1. The molecule has 0 aliphatic heterocycles. The number of aromatic nitrogens is 1. The topological polar surface area (TPSA) is 36.7 Å². The van der Waals surface area contributed by atoms with Crippen molar-refractivity contribution in [3.63, 3.8) is 0 Å². The maximum Gasteiger partial charge on any atom is 0.218 e. The molecule has 0 aliphatic carbocycles. The third-order valence-corrected chi connectivity index (χ3v) is 3.48. The lowest BCUT2D eigenvalue weighted by atomic mass is 10.2. The number of nitrogens with zero attached hydrogens (tertiary/aromatic N) is 2. The lowest BCUT2D eigenvalue weighted by Crippen LogP contribution is -2.06. The van der Waals surface area contributed by atoms with Gasteiger partial charge in [0.15, 0.2) is 0 Å². The van der Waals surface area contributed by atoms with Gasteiger partial charge in [-0.25, -0.2) is 4.98 Å². The molecule has 0 fully saturated rings. The van der Waals surface area contributed by atoms with Gasteiger partial charge in [0.25, 0.3) is 0 Å². The van der Waals surface area contributed by atoms with E-state index in [0.29, 0.717) is 5.69 Å². The fourth-order valence-corrected chi connectivity index (χ4v) is 2.09. The zero-order valence-corrected chi connectivity index (χ0v) is 10.4. The highest BCUT2D eigenvalue weighted by atomic mass is 35.5. The van der Waals surface area contributed by atoms with Gasteiger partial charge in [-0.2, -0.15) is 5.26 Å². The van der Waals surface area contributed by atoms with Crippen LogP contribution >= 0.6 is 35.0 Å². The summed E-state index contributed by atoms with van der Waals surface area (Å²) in [7, 11) is 0. The van der Waals surface area contributed by atoms with E-state index in [4.69, 9.17) is 28.5 Å². The lowest BCUT2D eigenvalue weighted by molar-refractivity contribution is 1.13. The summed E-state index contributed by atoms with van der Waals surface area (Å²) in [5, 5.41) is 11.5. The third kappa shape index (κ3) is 2.25. The molecule has 80 valence electrons. The van der Waals surface area contributed by atoms with E-state index in [1.165, 1.54) is 0 Å². The Morgan fingerprint density at radius 2 is 1.94 bits per heavy atom. The number of para-hydroxylation sites is 1. The third-order valence-electron chi connectivity index (χ3n) is 2.07. The Morgan fingerprint density at radius 1 is 1.19 bits per heavy atom. The minimum atomic E-state index is -1.32. The first kappa shape index (κ1) is 11.5. The Kier molecular flexibility index (Phi) is 3.25. The van der Waals surface area contributed by atoms with Crippen LogP contribution in [-0.4, -0.2) is 4.98 Å². The zero-order chi connectivity index (χ0) is 11.6. The van der Waals surface area contributed by atoms with Gasteiger partial charge in [0, 0.05) is 5.39 Å². The van der Waals surface area contributed by atoms with E-state index < -0.39 is 3.67 Å². The fourth-order valence-electron chi connectivity index (χ4n) is 1.34. The summed E-state index contributed by atoms with van der Waals surface area (Å²) < 4.78 is -1.32. The predicted molar refractivity (Wildman–Crippen MR) is 68.3 cm³/mol. The molecule has 0 spiro atoms. The zero-order valence-electron chi connectivity index (χ0n) is 8.02. The van der Waals surface area contributed by atoms with Gasteiger partial charge in [0.2, 0.25) is 3.67 Å². The van der Waals surface area contributed by atoms with Crippen molar-refractivity contribution in [3.05, 3.63) is 42.1 Å². The van der Waals surface area contributed by atoms with Crippen molar-refractivity contribution in [2.45, 2.75) is 3.67 Å². The van der Waals surface area contributed by atoms with Crippen LogP contribution in [-0.2, 0) is 3.67 Å². The number of rotatable bonds is 2. The number of nitriles is 1. The number of thioether (sulfide) groups is 1. The highest BCUT2D eigenvalue weighted by molar-refractivity contribution is 8.06. The van der Waals surface area contributed by atoms with Gasteiger partial charge in [-0.15, -0.1) is 0 Å². The number of hydrogen-bond donors (Lipinski definition) is 0. The van der Waals surface area contributed by atoms with E-state index in [1.807, 2.05) is 35.7 Å². The quantitative estimate of drug-likeness (QED) is 0.610. The number of pyridine rings is 1. The van der Waals surface area contributed by atoms with Gasteiger partial charge in [-0.3, -0.25) is 0 Å². The number of hydrogen-bond acceptors (Lipinski definition) is 3. The Hall–Kier alpha value is -0.950. The van der Waals surface area contributed by atoms with Crippen LogP contribution in [0.15, 0.2) is 36.4 Å². The maximum atomic E-state index is 8.59. The van der Waals surface area contributed by atoms with E-state index in [2.05, 4.69) is 4.98 Å². The first-order valence-electron chi connectivity index (χ1n) is 4.45. The molecule has 5 heteroatoms. The molecular formula is C11H6Cl2N2S. The number of halogens is 2. The second-order valence-corrected chi connectivity index (χ2v) is 5.87. The molecule has 1 aromatic carbocycles. The molecule has 2 nitrogen and oxygen atoms in total. The van der Waals surface area contributed by atoms with Gasteiger partial charge in [-0.1, -0.05) is 47.5 Å². The van der Waals surface area contributed by atoms with Crippen LogP contribution in [0.5, 0.6) is 0 Å². The molecule has 0 unspecified atom stereocenters. The van der Waals surface area contributed by atoms with Crippen LogP contribution in [0.25, 0.3) is 10.9 Å². The molecule has 0 atom stereocenters. The molecule has 0 N–H and O–H groups in total. The summed E-state index contributed by atoms with van der Waals surface area (Å²) in [6.07, 6.45) is 0. The monoisotopic (exact) mass is 268 g/mol. The van der Waals surface area contributed by atoms with Crippen LogP contribution in [0.2, 0.25) is 0 Å². The van der Waals surface area contributed by atoms with Gasteiger partial charge in [0.05, 0.1) is 11.2 Å². The minimum Gasteiger partial charge on any atom is -0.249 e. The fraction of sp³-hybridized carbons (Fsp3) is 0.0909. The molecular weight excluding hydrogens is 263 g/mol. The summed E-state index contributed by atoms with van der Waals surface area (Å²) in [4.78, 5) is 4.33. The van der Waals surface area contributed by atoms with Crippen LogP contribution < -0.4 is 0 Å². The van der Waals surface area contributed by atoms with E-state index >= 15 is 0 Å². The van der Waals surface area contributed by atoms with Gasteiger partial charge >= 0.3 is 0 Å². The van der Waals surface area contributed by atoms with Crippen LogP contribution in [0.1, 0.15) is 5.69 Å². The normalized spacial score (nSPS) is 11.3. The molecule has 1 aromatic heterocycles. The molecule has 0 saturated carbocycles. The van der Waals surface area contributed by atoms with Crippen molar-refractivity contribution < 1.29 is 0 Å². The number of alkyl halides is 2. The second-order valence-electron chi connectivity index (χ2n) is 3.10. The van der Waals surface area contributed by atoms with E-state index in [0.717, 1.165) is 22.7 Å². The van der Waals surface area contributed by atoms with Crippen LogP contribution in [0.4, 0.5) is 0 Å². The van der Waals surface area contributed by atoms with E-state index in [-0.39, 0.29) is 0 Å².